The van der Waals surface area contributed by atoms with Crippen LogP contribution in [0.4, 0.5) is 0 Å². The second-order valence-corrected chi connectivity index (χ2v) is 14.7. The van der Waals surface area contributed by atoms with Gasteiger partial charge in [0.25, 0.3) is 0 Å². The molecule has 4 saturated carbocycles. The Morgan fingerprint density at radius 3 is 2.42 bits per heavy atom. The molecule has 0 radical (unpaired) electrons. The van der Waals surface area contributed by atoms with Gasteiger partial charge in [0.2, 0.25) is 0 Å². The molecular formula is C30H48O3. The van der Waals surface area contributed by atoms with Crippen molar-refractivity contribution >= 4 is 0 Å². The van der Waals surface area contributed by atoms with E-state index in [1.54, 1.807) is 0 Å². The first kappa shape index (κ1) is 23.0. The van der Waals surface area contributed by atoms with E-state index in [-0.39, 0.29) is 28.5 Å². The normalized spacial score (nSPS) is 63.9. The van der Waals surface area contributed by atoms with Crippen molar-refractivity contribution in [2.45, 2.75) is 105 Å². The van der Waals surface area contributed by atoms with E-state index in [9.17, 15) is 10.2 Å². The lowest BCUT2D eigenvalue weighted by Crippen LogP contribution is -2.71. The average molecular weight is 457 g/mol. The van der Waals surface area contributed by atoms with E-state index in [1.807, 2.05) is 0 Å². The Hall–Kier alpha value is -0.380. The fourth-order valence-electron chi connectivity index (χ4n) is 11.6. The quantitative estimate of drug-likeness (QED) is 0.477. The summed E-state index contributed by atoms with van der Waals surface area (Å²) in [5.74, 6) is 2.97. The van der Waals surface area contributed by atoms with Crippen LogP contribution in [-0.4, -0.2) is 35.1 Å². The molecule has 186 valence electrons. The maximum absolute atomic E-state index is 10.9. The summed E-state index contributed by atoms with van der Waals surface area (Å²) in [7, 11) is 0. The number of aliphatic hydroxyl groups excluding tert-OH is 2. The highest BCUT2D eigenvalue weighted by Crippen LogP contribution is 2.79. The number of aliphatic hydroxyl groups is 2. The number of hydrogen-bond acceptors (Lipinski definition) is 3. The monoisotopic (exact) mass is 456 g/mol. The third-order valence-corrected chi connectivity index (χ3v) is 14.0. The number of ether oxygens (including phenoxy) is 1. The van der Waals surface area contributed by atoms with Crippen molar-refractivity contribution in [1.82, 2.24) is 0 Å². The summed E-state index contributed by atoms with van der Waals surface area (Å²) in [6, 6.07) is 0. The van der Waals surface area contributed by atoms with Crippen LogP contribution in [0.25, 0.3) is 0 Å². The van der Waals surface area contributed by atoms with Crippen molar-refractivity contribution in [3.05, 3.63) is 12.2 Å². The summed E-state index contributed by atoms with van der Waals surface area (Å²) in [5, 5.41) is 21.4. The van der Waals surface area contributed by atoms with Gasteiger partial charge in [-0.3, -0.25) is 0 Å². The van der Waals surface area contributed by atoms with E-state index in [2.05, 4.69) is 53.7 Å². The minimum atomic E-state index is -0.392. The number of hydrogen-bond donors (Lipinski definition) is 2. The van der Waals surface area contributed by atoms with Crippen molar-refractivity contribution < 1.29 is 14.9 Å². The Morgan fingerprint density at radius 1 is 0.939 bits per heavy atom. The minimum Gasteiger partial charge on any atom is -0.396 e. The van der Waals surface area contributed by atoms with Crippen LogP contribution in [0.1, 0.15) is 92.9 Å². The van der Waals surface area contributed by atoms with Gasteiger partial charge >= 0.3 is 0 Å². The number of fused-ring (bicyclic) bond motifs is 4. The van der Waals surface area contributed by atoms with Gasteiger partial charge in [0.15, 0.2) is 0 Å². The molecule has 3 nitrogen and oxygen atoms in total. The van der Waals surface area contributed by atoms with Gasteiger partial charge in [-0.1, -0.05) is 53.7 Å². The average Bonchev–Trinajstić information content (AvgIpc) is 3.06. The third kappa shape index (κ3) is 2.35. The molecule has 0 aromatic rings. The van der Waals surface area contributed by atoms with Crippen molar-refractivity contribution in [3.63, 3.8) is 0 Å². The Labute approximate surface area is 201 Å². The van der Waals surface area contributed by atoms with Crippen LogP contribution in [0.3, 0.4) is 0 Å². The maximum Gasteiger partial charge on any atom is 0.0958 e. The lowest BCUT2D eigenvalue weighted by molar-refractivity contribution is -0.251. The molecule has 6 rings (SSSR count). The summed E-state index contributed by atoms with van der Waals surface area (Å²) < 4.78 is 7.12. The van der Waals surface area contributed by atoms with Gasteiger partial charge in [0.1, 0.15) is 0 Å². The van der Waals surface area contributed by atoms with Crippen molar-refractivity contribution in [3.8, 4) is 0 Å². The predicted octanol–water partition coefficient (Wildman–Crippen LogP) is 5.99. The van der Waals surface area contributed by atoms with E-state index < -0.39 is 11.5 Å². The summed E-state index contributed by atoms with van der Waals surface area (Å²) in [6.07, 6.45) is 14.3. The lowest BCUT2D eigenvalue weighted by Gasteiger charge is -2.73. The van der Waals surface area contributed by atoms with Crippen molar-refractivity contribution in [2.75, 3.05) is 13.2 Å². The molecule has 6 aliphatic rings. The zero-order valence-corrected chi connectivity index (χ0v) is 22.0. The second kappa shape index (κ2) is 6.68. The van der Waals surface area contributed by atoms with Gasteiger partial charge in [0, 0.05) is 16.7 Å². The zero-order valence-electron chi connectivity index (χ0n) is 22.0. The van der Waals surface area contributed by atoms with E-state index >= 15 is 0 Å². The topological polar surface area (TPSA) is 49.7 Å². The smallest absolute Gasteiger partial charge is 0.0958 e. The molecule has 5 aliphatic carbocycles. The number of allylic oxidation sites excluding steroid dienone is 1. The lowest BCUT2D eigenvalue weighted by atomic mass is 9.32. The maximum atomic E-state index is 10.9. The summed E-state index contributed by atoms with van der Waals surface area (Å²) >= 11 is 0. The van der Waals surface area contributed by atoms with Gasteiger partial charge in [-0.15, -0.1) is 0 Å². The van der Waals surface area contributed by atoms with Crippen molar-refractivity contribution in [1.29, 1.82) is 0 Å². The standard InChI is InChI=1S/C30H48O3/c1-19-7-13-29-16-15-28(6)27(5)12-8-21-25(3,11-10-23(32)26(21,4)17-31)22(27)9-14-30(28,33-18-29)24(29)20(19)2/h9,14,19-24,31-32H,7-8,10-13,15-18H2,1-6H3/t19-,20+,21+,22+,23+,24-,25-,26+,27+,28-,29+,30-/m1/s1. The molecule has 0 unspecified atom stereocenters. The molecule has 5 fully saturated rings. The summed E-state index contributed by atoms with van der Waals surface area (Å²) in [4.78, 5) is 0. The van der Waals surface area contributed by atoms with Crippen LogP contribution in [0, 0.1) is 56.7 Å². The molecule has 33 heavy (non-hydrogen) atoms. The third-order valence-electron chi connectivity index (χ3n) is 14.0. The van der Waals surface area contributed by atoms with Gasteiger partial charge < -0.3 is 14.9 Å². The highest BCUT2D eigenvalue weighted by Gasteiger charge is 2.77. The van der Waals surface area contributed by atoms with E-state index in [0.717, 1.165) is 31.8 Å². The van der Waals surface area contributed by atoms with Gasteiger partial charge in [0.05, 0.1) is 24.9 Å². The fraction of sp³-hybridized carbons (Fsp3) is 0.933. The molecule has 12 atom stereocenters. The van der Waals surface area contributed by atoms with Crippen LogP contribution in [0.2, 0.25) is 0 Å². The Morgan fingerprint density at radius 2 is 1.70 bits per heavy atom. The van der Waals surface area contributed by atoms with Gasteiger partial charge in [-0.05, 0) is 91.3 Å². The predicted molar refractivity (Wildman–Crippen MR) is 132 cm³/mol. The first-order valence-corrected chi connectivity index (χ1v) is 14.1. The highest BCUT2D eigenvalue weighted by molar-refractivity contribution is 5.35. The van der Waals surface area contributed by atoms with E-state index in [1.165, 1.54) is 32.1 Å². The molecule has 0 amide bonds. The van der Waals surface area contributed by atoms with Gasteiger partial charge in [-0.25, -0.2) is 0 Å². The highest BCUT2D eigenvalue weighted by atomic mass is 16.5. The SMILES string of the molecule is C[C@H]1[C@H](C)CC[C@]23CC[C@]4(C)[C@@]5(C)CC[C@@H]6[C@](C)(CO)[C@@H](O)CC[C@@]6(C)[C@@H]5C=C[C@@]4(OC2)[C@H]13. The molecule has 0 aromatic heterocycles. The molecule has 1 heterocycles. The fourth-order valence-corrected chi connectivity index (χ4v) is 11.6. The van der Waals surface area contributed by atoms with Crippen LogP contribution in [-0.2, 0) is 4.74 Å². The Bertz CT molecular complexity index is 869. The largest absolute Gasteiger partial charge is 0.396 e. The first-order chi connectivity index (χ1) is 15.4. The molecule has 0 aromatic carbocycles. The van der Waals surface area contributed by atoms with E-state index in [4.69, 9.17) is 4.74 Å². The van der Waals surface area contributed by atoms with Crippen LogP contribution in [0.15, 0.2) is 12.2 Å². The summed E-state index contributed by atoms with van der Waals surface area (Å²) in [6.45, 7) is 15.9. The molecule has 2 bridgehead atoms. The van der Waals surface area contributed by atoms with Crippen LogP contribution < -0.4 is 0 Å². The first-order valence-electron chi connectivity index (χ1n) is 14.1. The molecule has 3 heteroatoms. The molecule has 1 spiro atoms. The van der Waals surface area contributed by atoms with Crippen LogP contribution in [0.5, 0.6) is 0 Å². The van der Waals surface area contributed by atoms with Gasteiger partial charge in [-0.2, -0.15) is 0 Å². The minimum absolute atomic E-state index is 0.0892. The molecular weight excluding hydrogens is 408 g/mol. The molecule has 2 N–H and O–H groups in total. The second-order valence-electron chi connectivity index (χ2n) is 14.7. The Balaban J connectivity index is 1.49. The molecule has 1 saturated heterocycles. The van der Waals surface area contributed by atoms with Crippen LogP contribution >= 0.6 is 0 Å². The Kier molecular flexibility index (Phi) is 4.66. The zero-order chi connectivity index (χ0) is 23.7. The van der Waals surface area contributed by atoms with Crippen molar-refractivity contribution in [2.24, 2.45) is 56.7 Å². The number of rotatable bonds is 1. The summed E-state index contributed by atoms with van der Waals surface area (Å²) in [5.41, 5.74) is 0.310. The van der Waals surface area contributed by atoms with E-state index in [0.29, 0.717) is 29.1 Å². The molecule has 1 aliphatic heterocycles.